The Labute approximate surface area is 227 Å². The number of nitro benzene ring substituents is 1. The number of methoxy groups -OCH3 is 2. The lowest BCUT2D eigenvalue weighted by molar-refractivity contribution is -0.384. The van der Waals surface area contributed by atoms with Crippen LogP contribution in [0.25, 0.3) is 6.08 Å². The van der Waals surface area contributed by atoms with Crippen molar-refractivity contribution < 1.29 is 29.0 Å². The summed E-state index contributed by atoms with van der Waals surface area (Å²) in [6.07, 6.45) is 2.51. The Hall–Kier alpha value is -4.45. The van der Waals surface area contributed by atoms with Gasteiger partial charge in [-0.25, -0.2) is 9.79 Å². The van der Waals surface area contributed by atoms with Crippen molar-refractivity contribution in [2.45, 2.75) is 32.7 Å². The third-order valence-electron chi connectivity index (χ3n) is 6.13. The molecule has 0 saturated heterocycles. The number of non-ortho nitro benzene ring substituents is 1. The van der Waals surface area contributed by atoms with Gasteiger partial charge in [-0.1, -0.05) is 24.7 Å². The number of nitrogens with zero attached hydrogens (tertiary/aromatic N) is 3. The van der Waals surface area contributed by atoms with Gasteiger partial charge in [0.25, 0.3) is 11.2 Å². The maximum atomic E-state index is 13.9. The Balaban J connectivity index is 2.07. The average molecular weight is 554 g/mol. The van der Waals surface area contributed by atoms with Gasteiger partial charge in [-0.3, -0.25) is 19.5 Å². The van der Waals surface area contributed by atoms with E-state index in [1.807, 2.05) is 6.92 Å². The highest BCUT2D eigenvalue weighted by Crippen LogP contribution is 2.38. The highest BCUT2D eigenvalue weighted by atomic mass is 32.1. The Morgan fingerprint density at radius 2 is 1.97 bits per heavy atom. The predicted molar refractivity (Wildman–Crippen MR) is 144 cm³/mol. The van der Waals surface area contributed by atoms with Gasteiger partial charge in [0.2, 0.25) is 0 Å². The van der Waals surface area contributed by atoms with Crippen molar-refractivity contribution in [3.05, 3.63) is 88.6 Å². The van der Waals surface area contributed by atoms with E-state index in [1.165, 1.54) is 43.1 Å². The molecule has 0 fully saturated rings. The lowest BCUT2D eigenvalue weighted by Crippen LogP contribution is -2.40. The Bertz CT molecular complexity index is 1650. The highest BCUT2D eigenvalue weighted by molar-refractivity contribution is 7.07. The Morgan fingerprint density at radius 1 is 1.21 bits per heavy atom. The molecule has 2 heterocycles. The molecule has 0 saturated carbocycles. The molecule has 0 unspecified atom stereocenters. The van der Waals surface area contributed by atoms with Crippen LogP contribution in [0.15, 0.2) is 57.5 Å². The molecule has 12 heteroatoms. The molecule has 2 aromatic carbocycles. The molecule has 39 heavy (non-hydrogen) atoms. The van der Waals surface area contributed by atoms with E-state index in [0.717, 1.165) is 11.3 Å². The standard InChI is InChI=1S/C27H27N3O8S/c1-5-7-19-23(26(33)38-6-2)24(18-14-17(36-3)9-11-21(18)37-4)29-25(32)22(39-27(29)28-19)13-15-12-16(30(34)35)8-10-20(15)31/h8-14,24,31H,5-7H2,1-4H3/b22-13-/t24-/m1/s1. The van der Waals surface area contributed by atoms with Gasteiger partial charge >= 0.3 is 5.97 Å². The van der Waals surface area contributed by atoms with Gasteiger partial charge < -0.3 is 19.3 Å². The van der Waals surface area contributed by atoms with Crippen molar-refractivity contribution in [1.29, 1.82) is 0 Å². The summed E-state index contributed by atoms with van der Waals surface area (Å²) in [6.45, 7) is 3.77. The molecule has 0 amide bonds. The SMILES string of the molecule is CCCC1=C(C(=O)OCC)[C@@H](c2cc(OC)ccc2OC)n2c(s/c(=C\c3cc([N+](=O)[O-])ccc3O)c2=O)=N1. The predicted octanol–water partition coefficient (Wildman–Crippen LogP) is 3.21. The molecule has 0 aliphatic carbocycles. The van der Waals surface area contributed by atoms with Crippen LogP contribution < -0.4 is 24.4 Å². The van der Waals surface area contributed by atoms with Crippen LogP contribution in [-0.4, -0.2) is 41.4 Å². The molecule has 11 nitrogen and oxygen atoms in total. The van der Waals surface area contributed by atoms with Gasteiger partial charge in [0.1, 0.15) is 23.3 Å². The molecular weight excluding hydrogens is 526 g/mol. The van der Waals surface area contributed by atoms with Crippen molar-refractivity contribution in [3.8, 4) is 17.2 Å². The Kier molecular flexibility index (Phi) is 8.15. The fourth-order valence-corrected chi connectivity index (χ4v) is 5.39. The lowest BCUT2D eigenvalue weighted by Gasteiger charge is -2.27. The molecule has 1 N–H and O–H groups in total. The van der Waals surface area contributed by atoms with E-state index in [-0.39, 0.29) is 33.7 Å². The molecule has 1 aliphatic heterocycles. The first-order valence-corrected chi connectivity index (χ1v) is 13.0. The van der Waals surface area contributed by atoms with Gasteiger partial charge in [-0.2, -0.15) is 0 Å². The number of aromatic hydroxyl groups is 1. The summed E-state index contributed by atoms with van der Waals surface area (Å²) in [5, 5.41) is 21.6. The first kappa shape index (κ1) is 27.6. The number of fused-ring (bicyclic) bond motifs is 1. The molecular formula is C27H27N3O8S. The summed E-state index contributed by atoms with van der Waals surface area (Å²) in [4.78, 5) is 42.9. The largest absolute Gasteiger partial charge is 0.507 e. The van der Waals surface area contributed by atoms with E-state index in [0.29, 0.717) is 40.4 Å². The number of allylic oxidation sites excluding steroid dienone is 1. The average Bonchev–Trinajstić information content (AvgIpc) is 3.23. The van der Waals surface area contributed by atoms with Crippen molar-refractivity contribution in [3.63, 3.8) is 0 Å². The maximum absolute atomic E-state index is 13.9. The van der Waals surface area contributed by atoms with Crippen LogP contribution in [0.2, 0.25) is 0 Å². The number of phenols is 1. The van der Waals surface area contributed by atoms with Crippen LogP contribution >= 0.6 is 11.3 Å². The van der Waals surface area contributed by atoms with E-state index in [2.05, 4.69) is 4.99 Å². The zero-order chi connectivity index (χ0) is 28.3. The summed E-state index contributed by atoms with van der Waals surface area (Å²) in [5.41, 5.74) is 0.550. The van der Waals surface area contributed by atoms with Gasteiger partial charge in [0, 0.05) is 23.3 Å². The fraction of sp³-hybridized carbons (Fsp3) is 0.296. The number of benzene rings is 2. The molecule has 1 atom stereocenters. The van der Waals surface area contributed by atoms with Crippen LogP contribution in [0, 0.1) is 10.1 Å². The topological polar surface area (TPSA) is 142 Å². The number of phenolic OH excluding ortho intramolecular Hbond substituents is 1. The zero-order valence-electron chi connectivity index (χ0n) is 21.8. The summed E-state index contributed by atoms with van der Waals surface area (Å²) in [6, 6.07) is 7.69. The summed E-state index contributed by atoms with van der Waals surface area (Å²) < 4.78 is 18.0. The number of carbonyl (C=O) groups is 1. The fourth-order valence-electron chi connectivity index (χ4n) is 4.38. The molecule has 0 bridgehead atoms. The number of thiazole rings is 1. The smallest absolute Gasteiger partial charge is 0.338 e. The van der Waals surface area contributed by atoms with Crippen LogP contribution in [-0.2, 0) is 9.53 Å². The van der Waals surface area contributed by atoms with E-state index >= 15 is 0 Å². The number of nitro groups is 1. The van der Waals surface area contributed by atoms with E-state index in [1.54, 1.807) is 25.1 Å². The van der Waals surface area contributed by atoms with Crippen LogP contribution in [0.1, 0.15) is 43.9 Å². The molecule has 204 valence electrons. The molecule has 1 aliphatic rings. The van der Waals surface area contributed by atoms with Crippen molar-refractivity contribution in [2.75, 3.05) is 20.8 Å². The normalized spacial score (nSPS) is 15.0. The second kappa shape index (κ2) is 11.5. The highest BCUT2D eigenvalue weighted by Gasteiger charge is 2.36. The van der Waals surface area contributed by atoms with Crippen molar-refractivity contribution in [1.82, 2.24) is 4.57 Å². The summed E-state index contributed by atoms with van der Waals surface area (Å²) in [7, 11) is 2.99. The monoisotopic (exact) mass is 553 g/mol. The number of carbonyl (C=O) groups excluding carboxylic acids is 1. The minimum absolute atomic E-state index is 0.100. The quantitative estimate of drug-likeness (QED) is 0.242. The zero-order valence-corrected chi connectivity index (χ0v) is 22.6. The van der Waals surface area contributed by atoms with E-state index in [4.69, 9.17) is 14.2 Å². The minimum atomic E-state index is -0.951. The maximum Gasteiger partial charge on any atom is 0.338 e. The van der Waals surface area contributed by atoms with Crippen molar-refractivity contribution in [2.24, 2.45) is 4.99 Å². The Morgan fingerprint density at radius 3 is 2.62 bits per heavy atom. The van der Waals surface area contributed by atoms with E-state index < -0.39 is 22.5 Å². The molecule has 0 spiro atoms. The minimum Gasteiger partial charge on any atom is -0.507 e. The van der Waals surface area contributed by atoms with Crippen LogP contribution in [0.4, 0.5) is 5.69 Å². The third-order valence-corrected chi connectivity index (χ3v) is 7.12. The first-order valence-electron chi connectivity index (χ1n) is 12.1. The second-order valence-electron chi connectivity index (χ2n) is 8.52. The number of rotatable bonds is 9. The summed E-state index contributed by atoms with van der Waals surface area (Å²) in [5.74, 6) is 0.0828. The van der Waals surface area contributed by atoms with E-state index in [9.17, 15) is 24.8 Å². The number of aromatic nitrogens is 1. The van der Waals surface area contributed by atoms with Gasteiger partial charge in [-0.15, -0.1) is 0 Å². The molecule has 3 aromatic rings. The second-order valence-corrected chi connectivity index (χ2v) is 9.53. The van der Waals surface area contributed by atoms with Crippen LogP contribution in [0.5, 0.6) is 17.2 Å². The molecule has 0 radical (unpaired) electrons. The van der Waals surface area contributed by atoms with Crippen LogP contribution in [0.3, 0.4) is 0 Å². The lowest BCUT2D eigenvalue weighted by atomic mass is 9.93. The summed E-state index contributed by atoms with van der Waals surface area (Å²) >= 11 is 1.05. The van der Waals surface area contributed by atoms with Gasteiger partial charge in [-0.05, 0) is 43.7 Å². The molecule has 1 aromatic heterocycles. The van der Waals surface area contributed by atoms with Crippen molar-refractivity contribution >= 4 is 29.1 Å². The van der Waals surface area contributed by atoms with Gasteiger partial charge in [0.05, 0.1) is 41.6 Å². The third kappa shape index (κ3) is 5.28. The van der Waals surface area contributed by atoms with Gasteiger partial charge in [0.15, 0.2) is 4.80 Å². The molecule has 4 rings (SSSR count). The number of esters is 1. The first-order chi connectivity index (χ1) is 18.7. The number of hydrogen-bond acceptors (Lipinski definition) is 10. The number of hydrogen-bond donors (Lipinski definition) is 1. The number of ether oxygens (including phenoxy) is 3.